The smallest absolute Gasteiger partial charge is 0.270 e. The number of carbonyl (C=O) groups excluding carboxylic acids is 2. The van der Waals surface area contributed by atoms with Crippen LogP contribution in [-0.4, -0.2) is 55.8 Å². The Kier molecular flexibility index (Phi) is 4.91. The van der Waals surface area contributed by atoms with Crippen molar-refractivity contribution in [2.75, 3.05) is 19.6 Å². The molecule has 1 spiro atoms. The van der Waals surface area contributed by atoms with Gasteiger partial charge in [-0.25, -0.2) is 0 Å². The highest BCUT2D eigenvalue weighted by atomic mass is 16.2. The van der Waals surface area contributed by atoms with Crippen LogP contribution in [0.5, 0.6) is 0 Å². The lowest BCUT2D eigenvalue weighted by Crippen LogP contribution is -2.55. The van der Waals surface area contributed by atoms with Crippen molar-refractivity contribution >= 4 is 11.8 Å². The molecule has 2 aromatic rings. The van der Waals surface area contributed by atoms with E-state index in [0.29, 0.717) is 26.1 Å². The van der Waals surface area contributed by atoms with Crippen LogP contribution in [-0.2, 0) is 18.4 Å². The molecule has 1 atom stereocenters. The Morgan fingerprint density at radius 2 is 2.07 bits per heavy atom. The Morgan fingerprint density at radius 1 is 1.21 bits per heavy atom. The molecule has 2 aliphatic heterocycles. The van der Waals surface area contributed by atoms with Crippen molar-refractivity contribution in [2.24, 2.45) is 12.5 Å². The molecular weight excluding hydrogens is 354 g/mol. The van der Waals surface area contributed by atoms with Crippen molar-refractivity contribution in [1.29, 1.82) is 0 Å². The lowest BCUT2D eigenvalue weighted by Gasteiger charge is -2.48. The van der Waals surface area contributed by atoms with Crippen molar-refractivity contribution in [3.05, 3.63) is 47.8 Å². The van der Waals surface area contributed by atoms with Gasteiger partial charge in [-0.3, -0.25) is 19.6 Å². The number of likely N-dealkylation sites (tertiary alicyclic amines) is 2. The first-order chi connectivity index (χ1) is 13.5. The summed E-state index contributed by atoms with van der Waals surface area (Å²) in [4.78, 5) is 38.1. The number of amides is 2. The van der Waals surface area contributed by atoms with Gasteiger partial charge in [0.1, 0.15) is 5.69 Å². The van der Waals surface area contributed by atoms with Crippen molar-refractivity contribution in [3.8, 4) is 0 Å². The van der Waals surface area contributed by atoms with Gasteiger partial charge in [-0.05, 0) is 38.3 Å². The van der Waals surface area contributed by atoms with E-state index in [4.69, 9.17) is 0 Å². The first-order valence-corrected chi connectivity index (χ1v) is 9.92. The lowest BCUT2D eigenvalue weighted by molar-refractivity contribution is -0.139. The number of nitrogens with zero attached hydrogens (tertiary/aromatic N) is 5. The van der Waals surface area contributed by atoms with Crippen LogP contribution >= 0.6 is 0 Å². The van der Waals surface area contributed by atoms with Crippen molar-refractivity contribution in [1.82, 2.24) is 24.3 Å². The van der Waals surface area contributed by atoms with Gasteiger partial charge in [-0.1, -0.05) is 0 Å². The van der Waals surface area contributed by atoms with E-state index in [1.807, 2.05) is 46.7 Å². The molecule has 7 heteroatoms. The zero-order chi connectivity index (χ0) is 19.7. The van der Waals surface area contributed by atoms with Crippen molar-refractivity contribution < 1.29 is 9.59 Å². The number of carbonyl (C=O) groups is 2. The van der Waals surface area contributed by atoms with Crippen LogP contribution in [0.1, 0.15) is 47.6 Å². The standard InChI is InChI=1S/C21H27N5O2/c1-16-11-23-17(12-22-16)13-26-15-21(8-6-19(26)27)7-4-10-25(14-21)20(28)18-5-3-9-24(18)2/h3,5,9,11-12H,4,6-8,10,13-15H2,1-2H3/t21-/m0/s1. The van der Waals surface area contributed by atoms with Crippen LogP contribution in [0.3, 0.4) is 0 Å². The van der Waals surface area contributed by atoms with Crippen molar-refractivity contribution in [2.45, 2.75) is 39.2 Å². The zero-order valence-electron chi connectivity index (χ0n) is 16.6. The van der Waals surface area contributed by atoms with Gasteiger partial charge in [0.05, 0.1) is 24.1 Å². The summed E-state index contributed by atoms with van der Waals surface area (Å²) in [6.07, 6.45) is 8.78. The average Bonchev–Trinajstić information content (AvgIpc) is 3.12. The summed E-state index contributed by atoms with van der Waals surface area (Å²) in [6.45, 7) is 4.56. The molecule has 0 bridgehead atoms. The van der Waals surface area contributed by atoms with E-state index in [-0.39, 0.29) is 17.2 Å². The van der Waals surface area contributed by atoms with Gasteiger partial charge in [-0.15, -0.1) is 0 Å². The molecule has 2 amide bonds. The predicted octanol–water partition coefficient (Wildman–Crippen LogP) is 2.17. The van der Waals surface area contributed by atoms with Gasteiger partial charge in [0.25, 0.3) is 5.91 Å². The molecule has 2 fully saturated rings. The van der Waals surface area contributed by atoms with Gasteiger partial charge >= 0.3 is 0 Å². The highest BCUT2D eigenvalue weighted by Crippen LogP contribution is 2.39. The topological polar surface area (TPSA) is 71.3 Å². The highest BCUT2D eigenvalue weighted by Gasteiger charge is 2.43. The summed E-state index contributed by atoms with van der Waals surface area (Å²) in [5.74, 6) is 0.248. The average molecular weight is 381 g/mol. The Morgan fingerprint density at radius 3 is 2.79 bits per heavy atom. The monoisotopic (exact) mass is 381 g/mol. The second-order valence-electron chi connectivity index (χ2n) is 8.23. The maximum absolute atomic E-state index is 13.0. The summed E-state index contributed by atoms with van der Waals surface area (Å²) in [5, 5.41) is 0. The molecule has 2 aromatic heterocycles. The van der Waals surface area contributed by atoms with Crippen LogP contribution < -0.4 is 0 Å². The second kappa shape index (κ2) is 7.37. The van der Waals surface area contributed by atoms with E-state index in [2.05, 4.69) is 9.97 Å². The Hall–Kier alpha value is -2.70. The molecule has 28 heavy (non-hydrogen) atoms. The molecule has 0 aromatic carbocycles. The molecule has 148 valence electrons. The van der Waals surface area contributed by atoms with E-state index in [9.17, 15) is 9.59 Å². The summed E-state index contributed by atoms with van der Waals surface area (Å²) in [6, 6.07) is 3.77. The number of piperidine rings is 2. The van der Waals surface area contributed by atoms with E-state index >= 15 is 0 Å². The van der Waals surface area contributed by atoms with E-state index in [0.717, 1.165) is 42.9 Å². The number of hydrogen-bond acceptors (Lipinski definition) is 4. The van der Waals surface area contributed by atoms with Crippen LogP contribution in [0, 0.1) is 12.3 Å². The van der Waals surface area contributed by atoms with Crippen LogP contribution in [0.2, 0.25) is 0 Å². The fourth-order valence-electron chi connectivity index (χ4n) is 4.50. The van der Waals surface area contributed by atoms with Gasteiger partial charge < -0.3 is 14.4 Å². The maximum Gasteiger partial charge on any atom is 0.270 e. The van der Waals surface area contributed by atoms with Crippen LogP contribution in [0.4, 0.5) is 0 Å². The molecule has 0 saturated carbocycles. The Bertz CT molecular complexity index is 875. The molecular formula is C21H27N5O2. The van der Waals surface area contributed by atoms with Gasteiger partial charge in [-0.2, -0.15) is 0 Å². The molecule has 0 radical (unpaired) electrons. The minimum atomic E-state index is -0.0227. The van der Waals surface area contributed by atoms with E-state index < -0.39 is 0 Å². The van der Waals surface area contributed by atoms with Crippen molar-refractivity contribution in [3.63, 3.8) is 0 Å². The summed E-state index contributed by atoms with van der Waals surface area (Å²) in [7, 11) is 1.90. The number of aromatic nitrogens is 3. The first-order valence-electron chi connectivity index (χ1n) is 9.92. The molecule has 0 aliphatic carbocycles. The summed E-state index contributed by atoms with van der Waals surface area (Å²) >= 11 is 0. The fraction of sp³-hybridized carbons (Fsp3) is 0.524. The van der Waals surface area contributed by atoms with E-state index in [1.54, 1.807) is 12.4 Å². The SMILES string of the molecule is Cc1cnc(CN2C[C@@]3(CCCN(C(=O)c4cccn4C)C3)CCC2=O)cn1. The molecule has 2 aliphatic rings. The van der Waals surface area contributed by atoms with Gasteiger partial charge in [0.2, 0.25) is 5.91 Å². The largest absolute Gasteiger partial charge is 0.347 e. The fourth-order valence-corrected chi connectivity index (χ4v) is 4.50. The predicted molar refractivity (Wildman–Crippen MR) is 104 cm³/mol. The number of rotatable bonds is 3. The maximum atomic E-state index is 13.0. The van der Waals surface area contributed by atoms with Gasteiger partial charge in [0, 0.05) is 50.9 Å². The third-order valence-electron chi connectivity index (χ3n) is 6.05. The zero-order valence-corrected chi connectivity index (χ0v) is 16.6. The summed E-state index contributed by atoms with van der Waals surface area (Å²) in [5.41, 5.74) is 2.37. The first kappa shape index (κ1) is 18.7. The molecule has 2 saturated heterocycles. The number of hydrogen-bond donors (Lipinski definition) is 0. The normalized spacial score (nSPS) is 22.7. The Labute approximate surface area is 165 Å². The molecule has 4 heterocycles. The second-order valence-corrected chi connectivity index (χ2v) is 8.23. The quantitative estimate of drug-likeness (QED) is 0.817. The number of aryl methyl sites for hydroxylation is 2. The molecule has 4 rings (SSSR count). The molecule has 0 N–H and O–H groups in total. The van der Waals surface area contributed by atoms with E-state index in [1.165, 1.54) is 0 Å². The molecule has 7 nitrogen and oxygen atoms in total. The van der Waals surface area contributed by atoms with Gasteiger partial charge in [0.15, 0.2) is 0 Å². The molecule has 0 unspecified atom stereocenters. The minimum Gasteiger partial charge on any atom is -0.347 e. The summed E-state index contributed by atoms with van der Waals surface area (Å²) < 4.78 is 1.87. The van der Waals surface area contributed by atoms with Crippen LogP contribution in [0.15, 0.2) is 30.7 Å². The minimum absolute atomic E-state index is 0.0227. The highest BCUT2D eigenvalue weighted by molar-refractivity contribution is 5.92. The van der Waals surface area contributed by atoms with Crippen LogP contribution in [0.25, 0.3) is 0 Å². The lowest BCUT2D eigenvalue weighted by atomic mass is 9.73. The third-order valence-corrected chi connectivity index (χ3v) is 6.05. The third kappa shape index (κ3) is 3.66. The Balaban J connectivity index is 1.48.